The Morgan fingerprint density at radius 2 is 1.84 bits per heavy atom. The Morgan fingerprint density at radius 1 is 1.16 bits per heavy atom. The number of carbonyl (C=O) groups is 3. The summed E-state index contributed by atoms with van der Waals surface area (Å²) in [7, 11) is 1.48. The third-order valence-electron chi connectivity index (χ3n) is 5.41. The monoisotopic (exact) mass is 435 g/mol. The van der Waals surface area contributed by atoms with Crippen LogP contribution in [0.15, 0.2) is 24.3 Å². The second kappa shape index (κ2) is 9.21. The van der Waals surface area contributed by atoms with Crippen LogP contribution >= 0.6 is 0 Å². The van der Waals surface area contributed by atoms with Crippen LogP contribution < -0.4 is 10.0 Å². The molecule has 0 radical (unpaired) electrons. The molecule has 2 aliphatic rings. The van der Waals surface area contributed by atoms with Crippen molar-refractivity contribution in [3.63, 3.8) is 0 Å². The van der Waals surface area contributed by atoms with Crippen molar-refractivity contribution in [2.75, 3.05) is 30.2 Å². The topological polar surface area (TPSA) is 79.4 Å². The molecule has 0 bridgehead atoms. The Bertz CT molecular complexity index is 823. The van der Waals surface area contributed by atoms with Crippen LogP contribution in [0.2, 0.25) is 0 Å². The molecule has 0 aromatic heterocycles. The maximum atomic E-state index is 15.0. The van der Waals surface area contributed by atoms with Crippen LogP contribution in [-0.2, 0) is 19.1 Å². The van der Waals surface area contributed by atoms with Crippen LogP contribution in [0.25, 0.3) is 0 Å². The van der Waals surface area contributed by atoms with Crippen molar-refractivity contribution in [2.45, 2.75) is 64.2 Å². The van der Waals surface area contributed by atoms with Crippen LogP contribution in [0.5, 0.6) is 0 Å². The zero-order valence-corrected chi connectivity index (χ0v) is 18.5. The third-order valence-corrected chi connectivity index (χ3v) is 5.41. The zero-order valence-electron chi connectivity index (χ0n) is 18.5. The van der Waals surface area contributed by atoms with E-state index in [2.05, 4.69) is 0 Å². The van der Waals surface area contributed by atoms with Gasteiger partial charge in [0.15, 0.2) is 0 Å². The smallest absolute Gasteiger partial charge is 0.411 e. The van der Waals surface area contributed by atoms with E-state index >= 15 is 4.48 Å². The molecular formula is C22H30FN3O5. The summed E-state index contributed by atoms with van der Waals surface area (Å²) in [5.74, 6) is -0.830. The molecule has 2 heterocycles. The zero-order chi connectivity index (χ0) is 22.8. The van der Waals surface area contributed by atoms with Gasteiger partial charge in [-0.2, -0.15) is 0 Å². The first-order valence-corrected chi connectivity index (χ1v) is 10.5. The van der Waals surface area contributed by atoms with Gasteiger partial charge in [0.25, 0.3) is 5.91 Å². The molecule has 2 aliphatic heterocycles. The number of anilines is 2. The van der Waals surface area contributed by atoms with Gasteiger partial charge in [-0.05, 0) is 57.9 Å². The minimum Gasteiger partial charge on any atom is -0.444 e. The highest BCUT2D eigenvalue weighted by atomic mass is 19.2. The van der Waals surface area contributed by atoms with Gasteiger partial charge in [0.2, 0.25) is 5.91 Å². The van der Waals surface area contributed by atoms with E-state index in [1.165, 1.54) is 24.1 Å². The largest absolute Gasteiger partial charge is 0.444 e. The summed E-state index contributed by atoms with van der Waals surface area (Å²) in [5, 5.41) is 0.0435. The third kappa shape index (κ3) is 5.33. The Kier molecular flexibility index (Phi) is 6.83. The minimum atomic E-state index is -1.03. The second-order valence-corrected chi connectivity index (χ2v) is 8.88. The summed E-state index contributed by atoms with van der Waals surface area (Å²) >= 11 is 0. The normalized spacial score (nSPS) is 21.9. The fourth-order valence-corrected chi connectivity index (χ4v) is 3.83. The molecule has 3 amide bonds. The Morgan fingerprint density at radius 3 is 2.42 bits per heavy atom. The summed E-state index contributed by atoms with van der Waals surface area (Å²) in [6, 6.07) is 5.12. The molecular weight excluding hydrogens is 405 g/mol. The summed E-state index contributed by atoms with van der Waals surface area (Å²) < 4.78 is 25.7. The van der Waals surface area contributed by atoms with E-state index in [1.807, 2.05) is 0 Å². The van der Waals surface area contributed by atoms with Crippen molar-refractivity contribution in [1.82, 2.24) is 4.90 Å². The number of benzene rings is 1. The van der Waals surface area contributed by atoms with Crippen molar-refractivity contribution in [2.24, 2.45) is 0 Å². The van der Waals surface area contributed by atoms with E-state index < -0.39 is 23.6 Å². The molecule has 0 unspecified atom stereocenters. The van der Waals surface area contributed by atoms with Gasteiger partial charge in [-0.25, -0.2) is 4.79 Å². The van der Waals surface area contributed by atoms with Gasteiger partial charge >= 0.3 is 6.09 Å². The van der Waals surface area contributed by atoms with E-state index in [0.29, 0.717) is 18.7 Å². The van der Waals surface area contributed by atoms with Crippen LogP contribution in [0, 0.1) is 0 Å². The Labute approximate surface area is 181 Å². The maximum absolute atomic E-state index is 15.0. The van der Waals surface area contributed by atoms with Crippen molar-refractivity contribution in [3.8, 4) is 0 Å². The van der Waals surface area contributed by atoms with Gasteiger partial charge in [-0.1, -0.05) is 4.48 Å². The van der Waals surface area contributed by atoms with Gasteiger partial charge in [0, 0.05) is 32.2 Å². The van der Waals surface area contributed by atoms with Crippen molar-refractivity contribution < 1.29 is 28.3 Å². The average molecular weight is 435 g/mol. The number of carbonyl (C=O) groups excluding carboxylic acids is 3. The SMILES string of the molecule is CO[C@@H]1C[C@H](C(=O)N(F)c2ccc(N3CCCCC3=O)cc2)N(C(=O)OC(C)(C)C)C1. The van der Waals surface area contributed by atoms with E-state index in [9.17, 15) is 14.4 Å². The number of piperidine rings is 1. The van der Waals surface area contributed by atoms with Gasteiger partial charge in [-0.3, -0.25) is 14.5 Å². The van der Waals surface area contributed by atoms with Crippen molar-refractivity contribution in [3.05, 3.63) is 24.3 Å². The summed E-state index contributed by atoms with van der Waals surface area (Å²) in [4.78, 5) is 40.4. The predicted octanol–water partition coefficient (Wildman–Crippen LogP) is 3.45. The molecule has 170 valence electrons. The number of likely N-dealkylation sites (tertiary alicyclic amines) is 1. The van der Waals surface area contributed by atoms with E-state index in [1.54, 1.807) is 37.8 Å². The van der Waals surface area contributed by atoms with Crippen LogP contribution in [-0.4, -0.2) is 60.8 Å². The first-order valence-electron chi connectivity index (χ1n) is 10.5. The summed E-state index contributed by atoms with van der Waals surface area (Å²) in [5.41, 5.74) is -0.0411. The minimum absolute atomic E-state index is 0.0308. The molecule has 9 heteroatoms. The molecule has 1 aromatic rings. The van der Waals surface area contributed by atoms with Crippen LogP contribution in [0.3, 0.4) is 0 Å². The highest BCUT2D eigenvalue weighted by molar-refractivity contribution is 5.98. The maximum Gasteiger partial charge on any atom is 0.411 e. The average Bonchev–Trinajstić information content (AvgIpc) is 3.17. The number of rotatable bonds is 4. The molecule has 8 nitrogen and oxygen atoms in total. The lowest BCUT2D eigenvalue weighted by atomic mass is 10.1. The molecule has 2 fully saturated rings. The van der Waals surface area contributed by atoms with E-state index in [0.717, 1.165) is 12.8 Å². The number of nitrogens with zero attached hydrogens (tertiary/aromatic N) is 3. The molecule has 2 saturated heterocycles. The number of halogens is 1. The fraction of sp³-hybridized carbons (Fsp3) is 0.591. The molecule has 0 saturated carbocycles. The Hall–Kier alpha value is -2.68. The highest BCUT2D eigenvalue weighted by Gasteiger charge is 2.44. The van der Waals surface area contributed by atoms with Crippen molar-refractivity contribution in [1.29, 1.82) is 0 Å². The predicted molar refractivity (Wildman–Crippen MR) is 113 cm³/mol. The lowest BCUT2D eigenvalue weighted by Crippen LogP contribution is -2.47. The van der Waals surface area contributed by atoms with Crippen LogP contribution in [0.4, 0.5) is 20.7 Å². The van der Waals surface area contributed by atoms with E-state index in [-0.39, 0.29) is 35.8 Å². The van der Waals surface area contributed by atoms with E-state index in [4.69, 9.17) is 9.47 Å². The molecule has 2 atom stereocenters. The molecule has 1 aromatic carbocycles. The lowest BCUT2D eigenvalue weighted by Gasteiger charge is -2.29. The van der Waals surface area contributed by atoms with Gasteiger partial charge in [-0.15, -0.1) is 5.12 Å². The summed E-state index contributed by atoms with van der Waals surface area (Å²) in [6.45, 7) is 5.94. The van der Waals surface area contributed by atoms with Gasteiger partial charge in [0.1, 0.15) is 11.6 Å². The van der Waals surface area contributed by atoms with Gasteiger partial charge in [0.05, 0.1) is 18.3 Å². The van der Waals surface area contributed by atoms with Crippen molar-refractivity contribution >= 4 is 29.3 Å². The molecule has 0 N–H and O–H groups in total. The second-order valence-electron chi connectivity index (χ2n) is 8.88. The molecule has 31 heavy (non-hydrogen) atoms. The molecule has 0 aliphatic carbocycles. The van der Waals surface area contributed by atoms with Crippen LogP contribution in [0.1, 0.15) is 46.5 Å². The molecule has 0 spiro atoms. The number of methoxy groups -OCH3 is 1. The first kappa shape index (κ1) is 23.0. The molecule has 3 rings (SSSR count). The number of amides is 3. The number of hydrogen-bond donors (Lipinski definition) is 0. The first-order chi connectivity index (χ1) is 14.6. The van der Waals surface area contributed by atoms with Gasteiger partial charge < -0.3 is 14.4 Å². The summed E-state index contributed by atoms with van der Waals surface area (Å²) in [6.07, 6.45) is 1.40. The highest BCUT2D eigenvalue weighted by Crippen LogP contribution is 2.29. The number of ether oxygens (including phenoxy) is 2. The standard InChI is InChI=1S/C22H30FN3O5/c1-22(2,3)31-21(29)25-14-17(30-4)13-18(25)20(28)26(23)16-10-8-15(9-11-16)24-12-6-5-7-19(24)27/h8-11,17-18H,5-7,12-14H2,1-4H3/t17-,18-/m1/s1. The quantitative estimate of drug-likeness (QED) is 0.677. The lowest BCUT2D eigenvalue weighted by molar-refractivity contribution is -0.125. The number of hydrogen-bond acceptors (Lipinski definition) is 5. The Balaban J connectivity index is 1.74. The fourth-order valence-electron chi connectivity index (χ4n) is 3.83.